The second-order valence-corrected chi connectivity index (χ2v) is 2.82. The third-order valence-electron chi connectivity index (χ3n) is 1.41. The van der Waals surface area contributed by atoms with Crippen LogP contribution in [0, 0.1) is 0 Å². The highest BCUT2D eigenvalue weighted by Crippen LogP contribution is 1.97. The van der Waals surface area contributed by atoms with Gasteiger partial charge in [0.2, 0.25) is 0 Å². The number of carbonyl (C=O) groups excluding carboxylic acids is 2. The lowest BCUT2D eigenvalue weighted by Gasteiger charge is -2.03. The first-order valence-electron chi connectivity index (χ1n) is 4.56. The van der Waals surface area contributed by atoms with Gasteiger partial charge in [-0.25, -0.2) is 4.79 Å². The van der Waals surface area contributed by atoms with Gasteiger partial charge in [-0.3, -0.25) is 4.79 Å². The Bertz CT molecular complexity index is 220. The third-order valence-corrected chi connectivity index (χ3v) is 1.41. The van der Waals surface area contributed by atoms with E-state index >= 15 is 0 Å². The summed E-state index contributed by atoms with van der Waals surface area (Å²) in [6.45, 7) is 7.36. The van der Waals surface area contributed by atoms with Gasteiger partial charge in [0.05, 0.1) is 13.2 Å². The molecule has 0 saturated carbocycles. The minimum absolute atomic E-state index is 0.227. The molecule has 0 unspecified atom stereocenters. The van der Waals surface area contributed by atoms with Crippen LogP contribution in [0.15, 0.2) is 12.2 Å². The van der Waals surface area contributed by atoms with Gasteiger partial charge in [0.1, 0.15) is 0 Å². The van der Waals surface area contributed by atoms with Crippen molar-refractivity contribution in [3.8, 4) is 0 Å². The van der Waals surface area contributed by atoms with E-state index in [1.54, 1.807) is 13.8 Å². The molecule has 0 fully saturated rings. The van der Waals surface area contributed by atoms with E-state index in [1.807, 2.05) is 0 Å². The summed E-state index contributed by atoms with van der Waals surface area (Å²) in [7, 11) is 0. The second kappa shape index (κ2) is 7.12. The standard InChI is InChI=1S/C10H16O4/c1-4-13-9(11)6-5-7-14-10(12)8(2)3/h2,4-7H2,1,3H3. The summed E-state index contributed by atoms with van der Waals surface area (Å²) in [6, 6.07) is 0. The van der Waals surface area contributed by atoms with Crippen LogP contribution in [0.1, 0.15) is 26.7 Å². The van der Waals surface area contributed by atoms with Crippen molar-refractivity contribution in [2.24, 2.45) is 0 Å². The molecule has 0 aromatic carbocycles. The predicted octanol–water partition coefficient (Wildman–Crippen LogP) is 1.45. The molecule has 4 nitrogen and oxygen atoms in total. The molecule has 80 valence electrons. The summed E-state index contributed by atoms with van der Waals surface area (Å²) in [6.07, 6.45) is 0.759. The molecule has 0 aliphatic heterocycles. The fraction of sp³-hybridized carbons (Fsp3) is 0.600. The molecule has 0 rings (SSSR count). The quantitative estimate of drug-likeness (QED) is 0.370. The highest BCUT2D eigenvalue weighted by Gasteiger charge is 2.04. The topological polar surface area (TPSA) is 52.6 Å². The molecule has 0 aromatic rings. The van der Waals surface area contributed by atoms with Crippen LogP contribution in [0.3, 0.4) is 0 Å². The number of rotatable bonds is 6. The van der Waals surface area contributed by atoms with Crippen LogP contribution < -0.4 is 0 Å². The predicted molar refractivity (Wildman–Crippen MR) is 51.6 cm³/mol. The Labute approximate surface area is 83.9 Å². The maximum atomic E-state index is 10.9. The fourth-order valence-electron chi connectivity index (χ4n) is 0.738. The zero-order valence-electron chi connectivity index (χ0n) is 8.67. The van der Waals surface area contributed by atoms with Crippen LogP contribution >= 0.6 is 0 Å². The van der Waals surface area contributed by atoms with Crippen molar-refractivity contribution >= 4 is 11.9 Å². The molecule has 0 aliphatic carbocycles. The van der Waals surface area contributed by atoms with Crippen LogP contribution in [-0.4, -0.2) is 25.2 Å². The molecule has 14 heavy (non-hydrogen) atoms. The first-order valence-corrected chi connectivity index (χ1v) is 4.56. The van der Waals surface area contributed by atoms with Crippen molar-refractivity contribution in [2.45, 2.75) is 26.7 Å². The van der Waals surface area contributed by atoms with E-state index < -0.39 is 5.97 Å². The van der Waals surface area contributed by atoms with Crippen LogP contribution in [0.2, 0.25) is 0 Å². The minimum Gasteiger partial charge on any atom is -0.466 e. The fourth-order valence-corrected chi connectivity index (χ4v) is 0.738. The molecule has 4 heteroatoms. The van der Waals surface area contributed by atoms with E-state index in [1.165, 1.54) is 0 Å². The first kappa shape index (κ1) is 12.7. The van der Waals surface area contributed by atoms with E-state index in [0.29, 0.717) is 18.6 Å². The highest BCUT2D eigenvalue weighted by atomic mass is 16.5. The Hall–Kier alpha value is -1.32. The van der Waals surface area contributed by atoms with Gasteiger partial charge in [0.25, 0.3) is 0 Å². The summed E-state index contributed by atoms with van der Waals surface area (Å²) in [5.74, 6) is -0.687. The van der Waals surface area contributed by atoms with E-state index in [4.69, 9.17) is 9.47 Å². The number of hydrogen-bond acceptors (Lipinski definition) is 4. The molecule has 0 aromatic heterocycles. The second-order valence-electron chi connectivity index (χ2n) is 2.82. The summed E-state index contributed by atoms with van der Waals surface area (Å²) < 4.78 is 9.49. The van der Waals surface area contributed by atoms with Crippen LogP contribution in [0.4, 0.5) is 0 Å². The van der Waals surface area contributed by atoms with Crippen molar-refractivity contribution < 1.29 is 19.1 Å². The lowest BCUT2D eigenvalue weighted by molar-refractivity contribution is -0.145. The van der Waals surface area contributed by atoms with Gasteiger partial charge in [-0.1, -0.05) is 6.58 Å². The van der Waals surface area contributed by atoms with Crippen molar-refractivity contribution in [1.29, 1.82) is 0 Å². The number of ether oxygens (including phenoxy) is 2. The molecule has 0 spiro atoms. The monoisotopic (exact) mass is 200 g/mol. The Morgan fingerprint density at radius 3 is 2.43 bits per heavy atom. The van der Waals surface area contributed by atoms with Gasteiger partial charge in [-0.2, -0.15) is 0 Å². The van der Waals surface area contributed by atoms with Crippen LogP contribution in [0.5, 0.6) is 0 Å². The molecule has 0 aliphatic rings. The Kier molecular flexibility index (Phi) is 6.45. The van der Waals surface area contributed by atoms with Gasteiger partial charge in [0.15, 0.2) is 0 Å². The molecule has 0 atom stereocenters. The zero-order chi connectivity index (χ0) is 11.0. The number of esters is 2. The zero-order valence-corrected chi connectivity index (χ0v) is 8.67. The third kappa shape index (κ3) is 6.22. The molecule has 0 saturated heterocycles. The summed E-state index contributed by atoms with van der Waals surface area (Å²) >= 11 is 0. The van der Waals surface area contributed by atoms with Gasteiger partial charge in [-0.15, -0.1) is 0 Å². The number of carbonyl (C=O) groups is 2. The largest absolute Gasteiger partial charge is 0.466 e. The number of hydrogen-bond donors (Lipinski definition) is 0. The average Bonchev–Trinajstić information content (AvgIpc) is 2.12. The van der Waals surface area contributed by atoms with Gasteiger partial charge >= 0.3 is 11.9 Å². The van der Waals surface area contributed by atoms with Gasteiger partial charge in [0, 0.05) is 12.0 Å². The Morgan fingerprint density at radius 2 is 1.93 bits per heavy atom. The molecule has 0 N–H and O–H groups in total. The molecular weight excluding hydrogens is 184 g/mol. The molecule has 0 bridgehead atoms. The first-order chi connectivity index (χ1) is 6.57. The summed E-state index contributed by atoms with van der Waals surface area (Å²) in [5, 5.41) is 0. The molecule has 0 radical (unpaired) electrons. The Morgan fingerprint density at radius 1 is 1.29 bits per heavy atom. The van der Waals surface area contributed by atoms with Crippen LogP contribution in [0.25, 0.3) is 0 Å². The molecular formula is C10H16O4. The van der Waals surface area contributed by atoms with E-state index in [0.717, 1.165) is 0 Å². The smallest absolute Gasteiger partial charge is 0.333 e. The lowest BCUT2D eigenvalue weighted by atomic mass is 10.3. The van der Waals surface area contributed by atoms with Crippen LogP contribution in [-0.2, 0) is 19.1 Å². The maximum Gasteiger partial charge on any atom is 0.333 e. The SMILES string of the molecule is C=C(C)C(=O)OCCCC(=O)OCC. The van der Waals surface area contributed by atoms with Crippen molar-refractivity contribution in [2.75, 3.05) is 13.2 Å². The van der Waals surface area contributed by atoms with Crippen molar-refractivity contribution in [3.05, 3.63) is 12.2 Å². The van der Waals surface area contributed by atoms with Crippen molar-refractivity contribution in [1.82, 2.24) is 0 Å². The molecule has 0 heterocycles. The highest BCUT2D eigenvalue weighted by molar-refractivity contribution is 5.86. The van der Waals surface area contributed by atoms with E-state index in [-0.39, 0.29) is 19.0 Å². The maximum absolute atomic E-state index is 10.9. The van der Waals surface area contributed by atoms with E-state index in [9.17, 15) is 9.59 Å². The summed E-state index contributed by atoms with van der Waals surface area (Å²) in [5.41, 5.74) is 0.362. The lowest BCUT2D eigenvalue weighted by Crippen LogP contribution is -2.09. The Balaban J connectivity index is 3.42. The minimum atomic E-state index is -0.422. The van der Waals surface area contributed by atoms with E-state index in [2.05, 4.69) is 6.58 Å². The molecule has 0 amide bonds. The summed E-state index contributed by atoms with van der Waals surface area (Å²) in [4.78, 5) is 21.7. The van der Waals surface area contributed by atoms with Gasteiger partial charge in [-0.05, 0) is 20.3 Å². The average molecular weight is 200 g/mol. The normalized spacial score (nSPS) is 9.29. The van der Waals surface area contributed by atoms with Gasteiger partial charge < -0.3 is 9.47 Å². The van der Waals surface area contributed by atoms with Crippen molar-refractivity contribution in [3.63, 3.8) is 0 Å².